The minimum absolute atomic E-state index is 0.135. The van der Waals surface area contributed by atoms with Crippen LogP contribution in [0, 0.1) is 0 Å². The Kier molecular flexibility index (Phi) is 12.3. The predicted octanol–water partition coefficient (Wildman–Crippen LogP) is 6.93. The monoisotopic (exact) mass is 685 g/mol. The van der Waals surface area contributed by atoms with Gasteiger partial charge in [-0.3, -0.25) is 19.1 Å². The molecule has 1 unspecified atom stereocenters. The molecule has 3 rings (SSSR count). The van der Waals surface area contributed by atoms with Crippen LogP contribution in [0.5, 0.6) is 0 Å². The first-order valence-electron chi connectivity index (χ1n) is 13.9. The lowest BCUT2D eigenvalue weighted by molar-refractivity contribution is -0.118. The Morgan fingerprint density at radius 1 is 0.886 bits per heavy atom. The first-order chi connectivity index (χ1) is 20.7. The van der Waals surface area contributed by atoms with E-state index in [1.165, 1.54) is 13.0 Å². The number of hydrogen-bond acceptors (Lipinski definition) is 7. The van der Waals surface area contributed by atoms with Crippen molar-refractivity contribution in [3.05, 3.63) is 94.5 Å². The van der Waals surface area contributed by atoms with Crippen molar-refractivity contribution in [2.45, 2.75) is 45.6 Å². The van der Waals surface area contributed by atoms with E-state index in [4.69, 9.17) is 8.92 Å². The molecule has 3 aromatic carbocycles. The molecule has 0 spiro atoms. The number of hydrogen-bond donors (Lipinski definition) is 3. The van der Waals surface area contributed by atoms with E-state index in [1.54, 1.807) is 99.6 Å². The van der Waals surface area contributed by atoms with E-state index in [9.17, 15) is 22.8 Å². The number of anilines is 3. The van der Waals surface area contributed by atoms with Crippen LogP contribution < -0.4 is 16.0 Å². The molecular formula is C32H36BrN3O7S. The number of nitrogens with one attached hydrogen (secondary N) is 3. The van der Waals surface area contributed by atoms with Crippen molar-refractivity contribution >= 4 is 67.1 Å². The summed E-state index contributed by atoms with van der Waals surface area (Å²) in [4.78, 5) is 38.1. The van der Waals surface area contributed by atoms with E-state index in [0.717, 1.165) is 4.47 Å². The zero-order valence-corrected chi connectivity index (χ0v) is 27.3. The fourth-order valence-electron chi connectivity index (χ4n) is 3.89. The van der Waals surface area contributed by atoms with Gasteiger partial charge in [-0.05, 0) is 87.7 Å². The SMILES string of the molecule is CCS(=O)(=O)OCCC(C(=O)Nc1ccc(Br)cc1)c1ccc(/C=C/C(=O)Nc2ccccc2NC(=O)OC(C)(C)C)cc1. The summed E-state index contributed by atoms with van der Waals surface area (Å²) in [5.41, 5.74) is 2.06. The fraction of sp³-hybridized carbons (Fsp3) is 0.281. The Morgan fingerprint density at radius 3 is 2.09 bits per heavy atom. The Labute approximate surface area is 266 Å². The molecule has 10 nitrogen and oxygen atoms in total. The molecule has 12 heteroatoms. The molecule has 0 bridgehead atoms. The van der Waals surface area contributed by atoms with E-state index in [1.807, 2.05) is 0 Å². The van der Waals surface area contributed by atoms with Gasteiger partial charge in [0.15, 0.2) is 0 Å². The van der Waals surface area contributed by atoms with E-state index < -0.39 is 33.6 Å². The number of ether oxygens (including phenoxy) is 1. The highest BCUT2D eigenvalue weighted by Crippen LogP contribution is 2.25. The fourth-order valence-corrected chi connectivity index (χ4v) is 4.67. The highest BCUT2D eigenvalue weighted by atomic mass is 79.9. The normalized spacial score (nSPS) is 12.4. The third kappa shape index (κ3) is 11.6. The van der Waals surface area contributed by atoms with Gasteiger partial charge in [0.2, 0.25) is 11.8 Å². The lowest BCUT2D eigenvalue weighted by Gasteiger charge is -2.20. The molecule has 0 heterocycles. The zero-order valence-electron chi connectivity index (χ0n) is 24.9. The van der Waals surface area contributed by atoms with Crippen molar-refractivity contribution in [2.75, 3.05) is 28.3 Å². The number of carbonyl (C=O) groups excluding carboxylic acids is 3. The number of para-hydroxylation sites is 2. The average molecular weight is 687 g/mol. The number of halogens is 1. The topological polar surface area (TPSA) is 140 Å². The molecule has 0 fully saturated rings. The van der Waals surface area contributed by atoms with E-state index in [-0.39, 0.29) is 24.7 Å². The molecule has 0 aliphatic heterocycles. The van der Waals surface area contributed by atoms with Crippen LogP contribution in [0.4, 0.5) is 21.9 Å². The van der Waals surface area contributed by atoms with Crippen LogP contribution in [-0.2, 0) is 28.6 Å². The molecule has 0 saturated carbocycles. The minimum atomic E-state index is -3.66. The highest BCUT2D eigenvalue weighted by Gasteiger charge is 2.22. The summed E-state index contributed by atoms with van der Waals surface area (Å²) in [6, 6.07) is 20.9. The van der Waals surface area contributed by atoms with Crippen molar-refractivity contribution in [1.29, 1.82) is 0 Å². The zero-order chi connectivity index (χ0) is 32.3. The number of carbonyl (C=O) groups is 3. The van der Waals surface area contributed by atoms with E-state index in [2.05, 4.69) is 31.9 Å². The van der Waals surface area contributed by atoms with Gasteiger partial charge >= 0.3 is 6.09 Å². The molecule has 234 valence electrons. The lowest BCUT2D eigenvalue weighted by Crippen LogP contribution is -2.27. The van der Waals surface area contributed by atoms with Crippen molar-refractivity contribution in [1.82, 2.24) is 0 Å². The van der Waals surface area contributed by atoms with Crippen LogP contribution in [0.3, 0.4) is 0 Å². The highest BCUT2D eigenvalue weighted by molar-refractivity contribution is 9.10. The third-order valence-electron chi connectivity index (χ3n) is 6.04. The summed E-state index contributed by atoms with van der Waals surface area (Å²) >= 11 is 3.37. The van der Waals surface area contributed by atoms with Gasteiger partial charge < -0.3 is 15.4 Å². The standard InChI is InChI=1S/C32H36BrN3O7S/c1-5-44(40,41)42-21-20-26(30(38)34-25-17-15-24(33)16-18-25)23-13-10-22(11-14-23)12-19-29(37)35-27-8-6-7-9-28(27)36-31(39)43-32(2,3)4/h6-19,26H,5,20-21H2,1-4H3,(H,34,38)(H,35,37)(H,36,39)/b19-12+. The van der Waals surface area contributed by atoms with Crippen molar-refractivity contribution in [2.24, 2.45) is 0 Å². The smallest absolute Gasteiger partial charge is 0.412 e. The molecule has 0 aliphatic carbocycles. The van der Waals surface area contributed by atoms with Crippen LogP contribution in [0.25, 0.3) is 6.08 Å². The van der Waals surface area contributed by atoms with E-state index in [0.29, 0.717) is 28.2 Å². The van der Waals surface area contributed by atoms with Crippen LogP contribution in [0.15, 0.2) is 83.3 Å². The maximum atomic E-state index is 13.2. The minimum Gasteiger partial charge on any atom is -0.444 e. The predicted molar refractivity (Wildman–Crippen MR) is 176 cm³/mol. The van der Waals surface area contributed by atoms with Crippen molar-refractivity contribution in [3.8, 4) is 0 Å². The summed E-state index contributed by atoms with van der Waals surface area (Å²) < 4.78 is 34.8. The summed E-state index contributed by atoms with van der Waals surface area (Å²) in [5.74, 6) is -1.59. The first-order valence-corrected chi connectivity index (χ1v) is 16.2. The summed E-state index contributed by atoms with van der Waals surface area (Å²) in [7, 11) is -3.66. The van der Waals surface area contributed by atoms with Crippen LogP contribution >= 0.6 is 15.9 Å². The maximum absolute atomic E-state index is 13.2. The van der Waals surface area contributed by atoms with Gasteiger partial charge in [0.05, 0.1) is 29.7 Å². The Morgan fingerprint density at radius 2 is 1.50 bits per heavy atom. The third-order valence-corrected chi connectivity index (χ3v) is 7.80. The second kappa shape index (κ2) is 15.6. The summed E-state index contributed by atoms with van der Waals surface area (Å²) in [6.45, 7) is 6.60. The first kappa shape index (κ1) is 34.5. The lowest BCUT2D eigenvalue weighted by atomic mass is 9.94. The Bertz CT molecular complexity index is 1580. The molecule has 0 saturated heterocycles. The largest absolute Gasteiger partial charge is 0.444 e. The van der Waals surface area contributed by atoms with Crippen LogP contribution in [0.1, 0.15) is 51.2 Å². The molecule has 3 aromatic rings. The van der Waals surface area contributed by atoms with Gasteiger partial charge in [-0.15, -0.1) is 0 Å². The number of benzene rings is 3. The molecule has 0 aromatic heterocycles. The molecule has 1 atom stereocenters. The van der Waals surface area contributed by atoms with Gasteiger partial charge in [-0.1, -0.05) is 52.3 Å². The van der Waals surface area contributed by atoms with Crippen molar-refractivity contribution < 1.29 is 31.7 Å². The second-order valence-electron chi connectivity index (χ2n) is 10.7. The van der Waals surface area contributed by atoms with Gasteiger partial charge in [0.25, 0.3) is 10.1 Å². The summed E-state index contributed by atoms with van der Waals surface area (Å²) in [6.07, 6.45) is 2.45. The van der Waals surface area contributed by atoms with Crippen LogP contribution in [-0.4, -0.2) is 44.3 Å². The van der Waals surface area contributed by atoms with Gasteiger partial charge in [-0.25, -0.2) is 4.79 Å². The maximum Gasteiger partial charge on any atom is 0.412 e. The second-order valence-corrected chi connectivity index (χ2v) is 13.5. The number of amides is 3. The van der Waals surface area contributed by atoms with Gasteiger partial charge in [0, 0.05) is 16.2 Å². The van der Waals surface area contributed by atoms with Gasteiger partial charge in [0.1, 0.15) is 5.60 Å². The average Bonchev–Trinajstić information content (AvgIpc) is 2.96. The van der Waals surface area contributed by atoms with Crippen molar-refractivity contribution in [3.63, 3.8) is 0 Å². The molecule has 3 amide bonds. The molecule has 0 radical (unpaired) electrons. The van der Waals surface area contributed by atoms with Crippen LogP contribution in [0.2, 0.25) is 0 Å². The van der Waals surface area contributed by atoms with Gasteiger partial charge in [-0.2, -0.15) is 8.42 Å². The molecule has 3 N–H and O–H groups in total. The molecule has 44 heavy (non-hydrogen) atoms. The van der Waals surface area contributed by atoms with E-state index >= 15 is 0 Å². The molecular weight excluding hydrogens is 650 g/mol. The molecule has 0 aliphatic rings. The number of rotatable bonds is 12. The Balaban J connectivity index is 1.69. The quantitative estimate of drug-likeness (QED) is 0.139. The Hall–Kier alpha value is -4.00. The summed E-state index contributed by atoms with van der Waals surface area (Å²) in [5, 5.41) is 8.25.